The van der Waals surface area contributed by atoms with E-state index in [1.54, 1.807) is 12.1 Å². The Kier molecular flexibility index (Phi) is 6.37. The second-order valence-electron chi connectivity index (χ2n) is 7.48. The molecule has 31 heavy (non-hydrogen) atoms. The van der Waals surface area contributed by atoms with Crippen LogP contribution < -0.4 is 10.1 Å². The first-order valence-electron chi connectivity index (χ1n) is 10.2. The van der Waals surface area contributed by atoms with Gasteiger partial charge in [-0.2, -0.15) is 0 Å². The molecular weight excluding hydrogens is 454 g/mol. The molecule has 0 aliphatic heterocycles. The summed E-state index contributed by atoms with van der Waals surface area (Å²) in [5, 5.41) is 3.07. The maximum atomic E-state index is 12.7. The van der Waals surface area contributed by atoms with Crippen LogP contribution in [0.3, 0.4) is 0 Å². The van der Waals surface area contributed by atoms with E-state index in [1.165, 1.54) is 5.56 Å². The Morgan fingerprint density at radius 2 is 1.87 bits per heavy atom. The highest BCUT2D eigenvalue weighted by molar-refractivity contribution is 9.10. The van der Waals surface area contributed by atoms with Crippen molar-refractivity contribution >= 4 is 32.9 Å². The Morgan fingerprint density at radius 1 is 1.10 bits per heavy atom. The Hall–Kier alpha value is -3.12. The molecule has 0 spiro atoms. The smallest absolute Gasteiger partial charge is 0.251 e. The van der Waals surface area contributed by atoms with Crippen LogP contribution in [0.1, 0.15) is 34.7 Å². The zero-order chi connectivity index (χ0) is 21.8. The van der Waals surface area contributed by atoms with Crippen LogP contribution >= 0.6 is 15.9 Å². The van der Waals surface area contributed by atoms with E-state index < -0.39 is 0 Å². The average Bonchev–Trinajstić information content (AvgIpc) is 3.14. The Balaban J connectivity index is 1.53. The number of aromatic nitrogens is 2. The number of hydrogen-bond donors (Lipinski definition) is 1. The van der Waals surface area contributed by atoms with Crippen LogP contribution in [0, 0.1) is 6.92 Å². The maximum Gasteiger partial charge on any atom is 0.251 e. The molecule has 3 aromatic carbocycles. The zero-order valence-electron chi connectivity index (χ0n) is 17.5. The first kappa shape index (κ1) is 21.1. The van der Waals surface area contributed by atoms with Crippen LogP contribution in [0.5, 0.6) is 5.75 Å². The molecule has 5 nitrogen and oxygen atoms in total. The number of para-hydroxylation sites is 2. The predicted octanol–water partition coefficient (Wildman–Crippen LogP) is 5.68. The molecule has 1 heterocycles. The summed E-state index contributed by atoms with van der Waals surface area (Å²) < 4.78 is 8.93. The number of hydrogen-bond acceptors (Lipinski definition) is 3. The number of aryl methyl sites for hydroxylation is 1. The number of halogens is 1. The quantitative estimate of drug-likeness (QED) is 0.372. The molecule has 0 aliphatic carbocycles. The number of imidazole rings is 1. The molecule has 0 fully saturated rings. The fourth-order valence-corrected chi connectivity index (χ4v) is 3.92. The van der Waals surface area contributed by atoms with E-state index in [0.717, 1.165) is 27.1 Å². The van der Waals surface area contributed by atoms with Crippen LogP contribution in [0.4, 0.5) is 0 Å². The summed E-state index contributed by atoms with van der Waals surface area (Å²) in [5.74, 6) is 1.51. The number of nitrogens with one attached hydrogen (secondary N) is 1. The fraction of sp³-hybridized carbons (Fsp3) is 0.200. The molecule has 1 N–H and O–H groups in total. The van der Waals surface area contributed by atoms with Gasteiger partial charge in [-0.3, -0.25) is 4.79 Å². The summed E-state index contributed by atoms with van der Waals surface area (Å²) in [6, 6.07) is 23.1. The van der Waals surface area contributed by atoms with E-state index >= 15 is 0 Å². The number of carbonyl (C=O) groups excluding carboxylic acids is 1. The fourth-order valence-electron chi connectivity index (χ4n) is 3.52. The van der Waals surface area contributed by atoms with Crippen molar-refractivity contribution in [1.82, 2.24) is 14.9 Å². The summed E-state index contributed by atoms with van der Waals surface area (Å²) in [6.07, 6.45) is 0. The molecule has 4 aromatic rings. The third kappa shape index (κ3) is 4.97. The molecule has 158 valence electrons. The third-order valence-corrected chi connectivity index (χ3v) is 5.60. The standard InChI is InChI=1S/C25H24BrN3O2/c1-17-10-12-21(13-11-17)31-15-14-29-23-9-4-3-8-22(23)28-24(29)18(2)27-25(30)19-6-5-7-20(26)16-19/h3-13,16,18H,14-15H2,1-2H3,(H,27,30). The van der Waals surface area contributed by atoms with E-state index in [2.05, 4.69) is 32.7 Å². The minimum Gasteiger partial charge on any atom is -0.492 e. The van der Waals surface area contributed by atoms with Crippen LogP contribution in [-0.4, -0.2) is 22.1 Å². The molecule has 6 heteroatoms. The van der Waals surface area contributed by atoms with Crippen molar-refractivity contribution < 1.29 is 9.53 Å². The zero-order valence-corrected chi connectivity index (χ0v) is 19.1. The van der Waals surface area contributed by atoms with Crippen LogP contribution in [-0.2, 0) is 6.54 Å². The van der Waals surface area contributed by atoms with E-state index in [-0.39, 0.29) is 11.9 Å². The molecule has 0 saturated heterocycles. The summed E-state index contributed by atoms with van der Waals surface area (Å²) >= 11 is 3.42. The third-order valence-electron chi connectivity index (χ3n) is 5.11. The Morgan fingerprint density at radius 3 is 2.65 bits per heavy atom. The largest absolute Gasteiger partial charge is 0.492 e. The number of amides is 1. The SMILES string of the molecule is Cc1ccc(OCCn2c(C(C)NC(=O)c3cccc(Br)c3)nc3ccccc32)cc1. The lowest BCUT2D eigenvalue weighted by atomic mass is 10.2. The molecule has 1 unspecified atom stereocenters. The monoisotopic (exact) mass is 477 g/mol. The molecular formula is C25H24BrN3O2. The molecule has 0 radical (unpaired) electrons. The van der Waals surface area contributed by atoms with Gasteiger partial charge in [0.25, 0.3) is 5.91 Å². The average molecular weight is 478 g/mol. The first-order chi connectivity index (χ1) is 15.0. The second-order valence-corrected chi connectivity index (χ2v) is 8.39. The molecule has 4 rings (SSSR count). The second kappa shape index (κ2) is 9.35. The number of carbonyl (C=O) groups is 1. The highest BCUT2D eigenvalue weighted by Gasteiger charge is 2.19. The van der Waals surface area contributed by atoms with Gasteiger partial charge >= 0.3 is 0 Å². The number of fused-ring (bicyclic) bond motifs is 1. The van der Waals surface area contributed by atoms with Crippen molar-refractivity contribution in [3.63, 3.8) is 0 Å². The van der Waals surface area contributed by atoms with Gasteiger partial charge in [-0.05, 0) is 56.3 Å². The Labute approximate surface area is 190 Å². The number of benzene rings is 3. The minimum atomic E-state index is -0.266. The van der Waals surface area contributed by atoms with Gasteiger partial charge in [0.1, 0.15) is 18.2 Å². The van der Waals surface area contributed by atoms with Crippen molar-refractivity contribution in [3.05, 3.63) is 94.2 Å². The van der Waals surface area contributed by atoms with Gasteiger partial charge in [0.15, 0.2) is 0 Å². The van der Waals surface area contributed by atoms with Gasteiger partial charge in [-0.25, -0.2) is 4.98 Å². The predicted molar refractivity (Wildman–Crippen MR) is 126 cm³/mol. The maximum absolute atomic E-state index is 12.7. The van der Waals surface area contributed by atoms with Crippen molar-refractivity contribution in [2.24, 2.45) is 0 Å². The molecule has 1 atom stereocenters. The van der Waals surface area contributed by atoms with Crippen molar-refractivity contribution in [2.75, 3.05) is 6.61 Å². The normalized spacial score (nSPS) is 12.0. The van der Waals surface area contributed by atoms with Gasteiger partial charge in [0.2, 0.25) is 0 Å². The summed E-state index contributed by atoms with van der Waals surface area (Å²) in [5.41, 5.74) is 3.72. The topological polar surface area (TPSA) is 56.1 Å². The molecule has 1 aromatic heterocycles. The molecule has 0 bridgehead atoms. The van der Waals surface area contributed by atoms with Gasteiger partial charge in [-0.15, -0.1) is 0 Å². The van der Waals surface area contributed by atoms with Gasteiger partial charge in [0, 0.05) is 10.0 Å². The van der Waals surface area contributed by atoms with Crippen molar-refractivity contribution in [2.45, 2.75) is 26.4 Å². The molecule has 0 aliphatic rings. The van der Waals surface area contributed by atoms with Crippen LogP contribution in [0.25, 0.3) is 11.0 Å². The molecule has 0 saturated carbocycles. The summed E-state index contributed by atoms with van der Waals surface area (Å²) in [4.78, 5) is 17.5. The first-order valence-corrected chi connectivity index (χ1v) is 11.0. The lowest BCUT2D eigenvalue weighted by Crippen LogP contribution is -2.29. The number of rotatable bonds is 7. The van der Waals surface area contributed by atoms with Crippen LogP contribution in [0.15, 0.2) is 77.3 Å². The lowest BCUT2D eigenvalue weighted by molar-refractivity contribution is 0.0937. The van der Waals surface area contributed by atoms with E-state index in [4.69, 9.17) is 9.72 Å². The number of ether oxygens (including phenoxy) is 1. The summed E-state index contributed by atoms with van der Waals surface area (Å²) in [7, 11) is 0. The van der Waals surface area contributed by atoms with Gasteiger partial charge in [-0.1, -0.05) is 51.8 Å². The van der Waals surface area contributed by atoms with Gasteiger partial charge in [0.05, 0.1) is 23.6 Å². The number of nitrogens with zero attached hydrogens (tertiary/aromatic N) is 2. The molecule has 1 amide bonds. The lowest BCUT2D eigenvalue weighted by Gasteiger charge is -2.17. The van der Waals surface area contributed by atoms with E-state index in [1.807, 2.05) is 67.6 Å². The summed E-state index contributed by atoms with van der Waals surface area (Å²) in [6.45, 7) is 5.13. The Bertz CT molecular complexity index is 1200. The minimum absolute atomic E-state index is 0.136. The van der Waals surface area contributed by atoms with E-state index in [0.29, 0.717) is 18.7 Å². The van der Waals surface area contributed by atoms with Crippen molar-refractivity contribution in [1.29, 1.82) is 0 Å². The van der Waals surface area contributed by atoms with Crippen LogP contribution in [0.2, 0.25) is 0 Å². The van der Waals surface area contributed by atoms with Gasteiger partial charge < -0.3 is 14.6 Å². The highest BCUT2D eigenvalue weighted by atomic mass is 79.9. The highest BCUT2D eigenvalue weighted by Crippen LogP contribution is 2.22. The van der Waals surface area contributed by atoms with E-state index in [9.17, 15) is 4.79 Å². The van der Waals surface area contributed by atoms with Crippen molar-refractivity contribution in [3.8, 4) is 5.75 Å².